The summed E-state index contributed by atoms with van der Waals surface area (Å²) in [5.74, 6) is -1.17. The van der Waals surface area contributed by atoms with Crippen LogP contribution in [-0.2, 0) is 11.2 Å². The van der Waals surface area contributed by atoms with E-state index in [0.717, 1.165) is 22.0 Å². The fraction of sp³-hybridized carbons (Fsp3) is 0.111. The second-order valence-corrected chi connectivity index (χ2v) is 5.09. The zero-order valence-corrected chi connectivity index (χ0v) is 16.0. The van der Waals surface area contributed by atoms with Crippen LogP contribution in [-0.4, -0.2) is 23.2 Å². The molecule has 0 bridgehead atoms. The smallest absolute Gasteiger partial charge is 0.548 e. The molecule has 4 nitrogen and oxygen atoms in total. The zero-order valence-electron chi connectivity index (χ0n) is 12.9. The average molecular weight is 330 g/mol. The van der Waals surface area contributed by atoms with Gasteiger partial charge in [-0.2, -0.15) is 0 Å². The van der Waals surface area contributed by atoms with Crippen LogP contribution in [0.5, 0.6) is 0 Å². The van der Waals surface area contributed by atoms with E-state index in [1.807, 2.05) is 60.8 Å². The number of aliphatic imine (C=N–C) groups is 1. The van der Waals surface area contributed by atoms with Crippen molar-refractivity contribution in [1.82, 2.24) is 4.98 Å². The van der Waals surface area contributed by atoms with Crippen LogP contribution in [0.1, 0.15) is 11.1 Å². The summed E-state index contributed by atoms with van der Waals surface area (Å²) in [6.07, 6.45) is 3.71. The Morgan fingerprint density at radius 3 is 2.57 bits per heavy atom. The van der Waals surface area contributed by atoms with Crippen LogP contribution < -0.4 is 56.5 Å². The van der Waals surface area contributed by atoms with Crippen molar-refractivity contribution in [3.63, 3.8) is 0 Å². The number of nitrogens with zero attached hydrogens (tertiary/aromatic N) is 1. The molecular formula is C18H15KN2O2. The molecule has 1 aromatic heterocycles. The number of aromatic nitrogens is 1. The number of aromatic amines is 1. The summed E-state index contributed by atoms with van der Waals surface area (Å²) in [7, 11) is 0. The van der Waals surface area contributed by atoms with Crippen molar-refractivity contribution in [2.45, 2.75) is 12.5 Å². The van der Waals surface area contributed by atoms with Gasteiger partial charge in [0.1, 0.15) is 0 Å². The van der Waals surface area contributed by atoms with E-state index in [9.17, 15) is 9.90 Å². The molecule has 0 aliphatic carbocycles. The standard InChI is InChI=1S/C18H16N2O2.K/c21-18(22)17(19-11-13-6-2-1-3-7-13)10-14-12-20-16-9-5-4-8-15(14)16;/h1-9,11-12,17,20H,10H2,(H,21,22);/q;+1/p-1. The molecule has 3 aromatic rings. The van der Waals surface area contributed by atoms with Gasteiger partial charge in [-0.1, -0.05) is 48.5 Å². The fourth-order valence-corrected chi connectivity index (χ4v) is 2.42. The summed E-state index contributed by atoms with van der Waals surface area (Å²) in [6.45, 7) is 0. The van der Waals surface area contributed by atoms with Gasteiger partial charge in [0.15, 0.2) is 0 Å². The first-order valence-corrected chi connectivity index (χ1v) is 7.08. The fourth-order valence-electron chi connectivity index (χ4n) is 2.42. The number of carboxylic acid groups (broad SMARTS) is 1. The number of fused-ring (bicyclic) bond motifs is 1. The Kier molecular flexibility index (Phi) is 6.74. The molecule has 1 unspecified atom stereocenters. The van der Waals surface area contributed by atoms with Crippen molar-refractivity contribution >= 4 is 23.1 Å². The summed E-state index contributed by atoms with van der Waals surface area (Å²) in [5, 5.41) is 12.4. The Labute approximate surface area is 177 Å². The maximum absolute atomic E-state index is 11.3. The number of aliphatic carboxylic acids is 1. The van der Waals surface area contributed by atoms with Gasteiger partial charge in [-0.25, -0.2) is 0 Å². The van der Waals surface area contributed by atoms with Crippen LogP contribution in [0.4, 0.5) is 0 Å². The van der Waals surface area contributed by atoms with Crippen molar-refractivity contribution < 1.29 is 61.3 Å². The van der Waals surface area contributed by atoms with Crippen molar-refractivity contribution in [3.8, 4) is 0 Å². The predicted octanol–water partition coefficient (Wildman–Crippen LogP) is -1.05. The maximum atomic E-state index is 11.3. The van der Waals surface area contributed by atoms with Crippen molar-refractivity contribution in [3.05, 3.63) is 71.9 Å². The molecule has 0 spiro atoms. The molecule has 0 radical (unpaired) electrons. The molecule has 0 amide bonds. The molecule has 2 aromatic carbocycles. The molecule has 110 valence electrons. The maximum Gasteiger partial charge on any atom is 1.00 e. The van der Waals surface area contributed by atoms with E-state index in [0.29, 0.717) is 6.42 Å². The van der Waals surface area contributed by atoms with Gasteiger partial charge in [0.25, 0.3) is 0 Å². The van der Waals surface area contributed by atoms with E-state index in [1.54, 1.807) is 6.21 Å². The van der Waals surface area contributed by atoms with Crippen LogP contribution in [0.15, 0.2) is 65.8 Å². The minimum atomic E-state index is -1.17. The Bertz CT molecular complexity index is 812. The number of carboxylic acids is 1. The molecule has 0 fully saturated rings. The number of rotatable bonds is 5. The van der Waals surface area contributed by atoms with Gasteiger partial charge in [0, 0.05) is 29.7 Å². The molecular weight excluding hydrogens is 315 g/mol. The number of benzene rings is 2. The summed E-state index contributed by atoms with van der Waals surface area (Å²) >= 11 is 0. The first-order chi connectivity index (χ1) is 10.7. The van der Waals surface area contributed by atoms with Gasteiger partial charge in [0.05, 0.1) is 12.0 Å². The van der Waals surface area contributed by atoms with Crippen molar-refractivity contribution in [2.24, 2.45) is 4.99 Å². The molecule has 1 atom stereocenters. The largest absolute Gasteiger partial charge is 1.00 e. The zero-order chi connectivity index (χ0) is 15.4. The molecule has 23 heavy (non-hydrogen) atoms. The number of H-pyrrole nitrogens is 1. The predicted molar refractivity (Wildman–Crippen MR) is 84.8 cm³/mol. The van der Waals surface area contributed by atoms with E-state index in [2.05, 4.69) is 9.98 Å². The second-order valence-electron chi connectivity index (χ2n) is 5.09. The monoisotopic (exact) mass is 330 g/mol. The Morgan fingerprint density at radius 2 is 1.83 bits per heavy atom. The Hall–Kier alpha value is -1.24. The minimum absolute atomic E-state index is 0. The number of carbonyl (C=O) groups excluding carboxylic acids is 1. The molecule has 1 N–H and O–H groups in total. The SMILES string of the molecule is O=C([O-])C(Cc1c[nH]c2ccccc12)N=Cc1ccccc1.[K+]. The molecule has 0 aliphatic rings. The molecule has 0 saturated carbocycles. The Morgan fingerprint density at radius 1 is 1.13 bits per heavy atom. The number of hydrogen-bond donors (Lipinski definition) is 1. The summed E-state index contributed by atoms with van der Waals surface area (Å²) in [4.78, 5) is 18.7. The summed E-state index contributed by atoms with van der Waals surface area (Å²) < 4.78 is 0. The van der Waals surface area contributed by atoms with Crippen LogP contribution in [0.2, 0.25) is 0 Å². The van der Waals surface area contributed by atoms with Crippen molar-refractivity contribution in [1.29, 1.82) is 0 Å². The number of nitrogens with one attached hydrogen (secondary N) is 1. The molecule has 1 heterocycles. The van der Waals surface area contributed by atoms with E-state index >= 15 is 0 Å². The number of hydrogen-bond acceptors (Lipinski definition) is 3. The third-order valence-corrected chi connectivity index (χ3v) is 3.56. The minimum Gasteiger partial charge on any atom is -0.548 e. The third-order valence-electron chi connectivity index (χ3n) is 3.56. The third kappa shape index (κ3) is 4.62. The molecule has 0 aliphatic heterocycles. The number of para-hydroxylation sites is 1. The van der Waals surface area contributed by atoms with Gasteiger partial charge in [-0.3, -0.25) is 4.99 Å². The topological polar surface area (TPSA) is 68.3 Å². The van der Waals surface area contributed by atoms with E-state index in [-0.39, 0.29) is 51.4 Å². The van der Waals surface area contributed by atoms with Gasteiger partial charge in [-0.05, 0) is 17.2 Å². The van der Waals surface area contributed by atoms with E-state index < -0.39 is 12.0 Å². The number of carbonyl (C=O) groups is 1. The first-order valence-electron chi connectivity index (χ1n) is 7.08. The molecule has 3 rings (SSSR count). The summed E-state index contributed by atoms with van der Waals surface area (Å²) in [5.41, 5.74) is 2.78. The van der Waals surface area contributed by atoms with Gasteiger partial charge in [-0.15, -0.1) is 0 Å². The van der Waals surface area contributed by atoms with Gasteiger partial charge in [0.2, 0.25) is 0 Å². The summed E-state index contributed by atoms with van der Waals surface area (Å²) in [6, 6.07) is 16.3. The first kappa shape index (κ1) is 18.1. The van der Waals surface area contributed by atoms with Crippen LogP contribution in [0.3, 0.4) is 0 Å². The molecule has 5 heteroatoms. The van der Waals surface area contributed by atoms with Crippen LogP contribution in [0.25, 0.3) is 10.9 Å². The van der Waals surface area contributed by atoms with Crippen LogP contribution >= 0.6 is 0 Å². The van der Waals surface area contributed by atoms with Crippen LogP contribution in [0, 0.1) is 0 Å². The average Bonchev–Trinajstić information content (AvgIpc) is 2.95. The van der Waals surface area contributed by atoms with Crippen molar-refractivity contribution in [2.75, 3.05) is 0 Å². The van der Waals surface area contributed by atoms with E-state index in [1.165, 1.54) is 0 Å². The van der Waals surface area contributed by atoms with Gasteiger partial charge < -0.3 is 14.9 Å². The Balaban J connectivity index is 0.00000192. The quantitative estimate of drug-likeness (QED) is 0.479. The van der Waals surface area contributed by atoms with E-state index in [4.69, 9.17) is 0 Å². The molecule has 0 saturated heterocycles. The van der Waals surface area contributed by atoms with Gasteiger partial charge >= 0.3 is 51.4 Å². The normalized spacial score (nSPS) is 12.2. The second kappa shape index (κ2) is 8.56.